The van der Waals surface area contributed by atoms with Crippen molar-refractivity contribution in [1.29, 1.82) is 0 Å². The van der Waals surface area contributed by atoms with Crippen LogP contribution in [-0.2, 0) is 14.8 Å². The van der Waals surface area contributed by atoms with Gasteiger partial charge in [-0.25, -0.2) is 8.42 Å². The SMILES string of the molecule is NCC1CCCN1C(=O)c1ccc(S(=O)(=O)N2CCNC(=O)C2)cc1. The van der Waals surface area contributed by atoms with E-state index in [1.165, 1.54) is 24.3 Å². The summed E-state index contributed by atoms with van der Waals surface area (Å²) in [6, 6.07) is 5.92. The fourth-order valence-electron chi connectivity index (χ4n) is 3.25. The average Bonchev–Trinajstić information content (AvgIpc) is 3.10. The van der Waals surface area contributed by atoms with E-state index in [9.17, 15) is 18.0 Å². The van der Waals surface area contributed by atoms with Gasteiger partial charge in [0.2, 0.25) is 15.9 Å². The van der Waals surface area contributed by atoms with Gasteiger partial charge in [-0.15, -0.1) is 0 Å². The van der Waals surface area contributed by atoms with Gasteiger partial charge in [-0.2, -0.15) is 4.31 Å². The molecule has 1 atom stereocenters. The Morgan fingerprint density at radius 1 is 1.24 bits per heavy atom. The molecular formula is C16H22N4O4S. The summed E-state index contributed by atoms with van der Waals surface area (Å²) in [4.78, 5) is 25.8. The number of nitrogens with two attached hydrogens (primary N) is 1. The fourth-order valence-corrected chi connectivity index (χ4v) is 4.65. The maximum Gasteiger partial charge on any atom is 0.254 e. The fraction of sp³-hybridized carbons (Fsp3) is 0.500. The lowest BCUT2D eigenvalue weighted by Gasteiger charge is -2.26. The summed E-state index contributed by atoms with van der Waals surface area (Å²) in [6.45, 7) is 1.44. The summed E-state index contributed by atoms with van der Waals surface area (Å²) in [6.07, 6.45) is 1.82. The Labute approximate surface area is 147 Å². The van der Waals surface area contributed by atoms with E-state index >= 15 is 0 Å². The molecule has 1 aromatic rings. The average molecular weight is 366 g/mol. The summed E-state index contributed by atoms with van der Waals surface area (Å²) in [7, 11) is -3.74. The number of benzene rings is 1. The maximum absolute atomic E-state index is 12.6. The van der Waals surface area contributed by atoms with Gasteiger partial charge in [0.1, 0.15) is 0 Å². The van der Waals surface area contributed by atoms with Gasteiger partial charge in [0, 0.05) is 37.8 Å². The zero-order chi connectivity index (χ0) is 18.0. The first kappa shape index (κ1) is 17.8. The van der Waals surface area contributed by atoms with Gasteiger partial charge in [0.05, 0.1) is 11.4 Å². The minimum atomic E-state index is -3.74. The van der Waals surface area contributed by atoms with Gasteiger partial charge in [0.15, 0.2) is 0 Å². The second-order valence-electron chi connectivity index (χ2n) is 6.24. The Bertz CT molecular complexity index is 763. The Morgan fingerprint density at radius 3 is 2.60 bits per heavy atom. The molecule has 3 N–H and O–H groups in total. The first-order valence-electron chi connectivity index (χ1n) is 8.31. The predicted octanol–water partition coefficient (Wildman–Crippen LogP) is -0.630. The van der Waals surface area contributed by atoms with Gasteiger partial charge in [0.25, 0.3) is 5.91 Å². The van der Waals surface area contributed by atoms with Crippen LogP contribution in [0.4, 0.5) is 0 Å². The Morgan fingerprint density at radius 2 is 1.96 bits per heavy atom. The third-order valence-electron chi connectivity index (χ3n) is 4.65. The van der Waals surface area contributed by atoms with E-state index in [1.807, 2.05) is 0 Å². The molecule has 2 aliphatic rings. The van der Waals surface area contributed by atoms with Gasteiger partial charge >= 0.3 is 0 Å². The van der Waals surface area contributed by atoms with Crippen LogP contribution in [0.5, 0.6) is 0 Å². The number of hydrogen-bond donors (Lipinski definition) is 2. The van der Waals surface area contributed by atoms with Crippen molar-refractivity contribution in [3.05, 3.63) is 29.8 Å². The van der Waals surface area contributed by atoms with Crippen molar-refractivity contribution in [2.24, 2.45) is 5.73 Å². The molecule has 2 saturated heterocycles. The minimum Gasteiger partial charge on any atom is -0.354 e. The standard InChI is InChI=1S/C16H22N4O4S/c17-10-13-2-1-8-20(13)16(22)12-3-5-14(6-4-12)25(23,24)19-9-7-18-15(21)11-19/h3-6,13H,1-2,7-11,17H2,(H,18,21). The van der Waals surface area contributed by atoms with Crippen LogP contribution in [0, 0.1) is 0 Å². The van der Waals surface area contributed by atoms with Crippen molar-refractivity contribution in [1.82, 2.24) is 14.5 Å². The van der Waals surface area contributed by atoms with Crippen molar-refractivity contribution in [3.8, 4) is 0 Å². The monoisotopic (exact) mass is 366 g/mol. The first-order valence-corrected chi connectivity index (χ1v) is 9.75. The highest BCUT2D eigenvalue weighted by Gasteiger charge is 2.31. The van der Waals surface area contributed by atoms with Gasteiger partial charge in [-0.1, -0.05) is 0 Å². The third kappa shape index (κ3) is 3.53. The highest BCUT2D eigenvalue weighted by atomic mass is 32.2. The lowest BCUT2D eigenvalue weighted by atomic mass is 10.1. The van der Waals surface area contributed by atoms with Gasteiger partial charge in [-0.3, -0.25) is 9.59 Å². The van der Waals surface area contributed by atoms with E-state index in [0.717, 1.165) is 17.1 Å². The lowest BCUT2D eigenvalue weighted by molar-refractivity contribution is -0.122. The second-order valence-corrected chi connectivity index (χ2v) is 8.18. The molecule has 136 valence electrons. The molecule has 0 aliphatic carbocycles. The molecule has 0 aromatic heterocycles. The molecular weight excluding hydrogens is 344 g/mol. The number of amides is 2. The van der Waals surface area contributed by atoms with E-state index in [0.29, 0.717) is 25.2 Å². The molecule has 1 aromatic carbocycles. The molecule has 1 unspecified atom stereocenters. The van der Waals surface area contributed by atoms with E-state index in [1.54, 1.807) is 4.90 Å². The van der Waals surface area contributed by atoms with E-state index in [-0.39, 0.29) is 35.8 Å². The number of carbonyl (C=O) groups is 2. The first-order chi connectivity index (χ1) is 11.9. The topological polar surface area (TPSA) is 113 Å². The van der Waals surface area contributed by atoms with Crippen molar-refractivity contribution < 1.29 is 18.0 Å². The number of piperazine rings is 1. The van der Waals surface area contributed by atoms with Crippen molar-refractivity contribution >= 4 is 21.8 Å². The molecule has 0 saturated carbocycles. The zero-order valence-electron chi connectivity index (χ0n) is 13.8. The summed E-state index contributed by atoms with van der Waals surface area (Å²) in [5.41, 5.74) is 6.14. The van der Waals surface area contributed by atoms with E-state index in [2.05, 4.69) is 5.32 Å². The van der Waals surface area contributed by atoms with E-state index < -0.39 is 10.0 Å². The summed E-state index contributed by atoms with van der Waals surface area (Å²) in [5.74, 6) is -0.447. The highest BCUT2D eigenvalue weighted by molar-refractivity contribution is 7.89. The van der Waals surface area contributed by atoms with Gasteiger partial charge < -0.3 is 16.0 Å². The molecule has 2 heterocycles. The lowest BCUT2D eigenvalue weighted by Crippen LogP contribution is -2.49. The predicted molar refractivity (Wildman–Crippen MR) is 91.3 cm³/mol. The molecule has 3 rings (SSSR count). The second kappa shape index (κ2) is 7.11. The number of nitrogens with zero attached hydrogens (tertiary/aromatic N) is 2. The molecule has 0 bridgehead atoms. The number of carbonyl (C=O) groups excluding carboxylic acids is 2. The number of hydrogen-bond acceptors (Lipinski definition) is 5. The molecule has 2 fully saturated rings. The molecule has 2 aliphatic heterocycles. The molecule has 0 spiro atoms. The number of likely N-dealkylation sites (tertiary alicyclic amines) is 1. The molecule has 9 heteroatoms. The van der Waals surface area contributed by atoms with Crippen LogP contribution < -0.4 is 11.1 Å². The Kier molecular flexibility index (Phi) is 5.07. The minimum absolute atomic E-state index is 0.0442. The molecule has 25 heavy (non-hydrogen) atoms. The van der Waals surface area contributed by atoms with E-state index in [4.69, 9.17) is 5.73 Å². The quantitative estimate of drug-likeness (QED) is 0.737. The maximum atomic E-state index is 12.6. The molecule has 2 amide bonds. The van der Waals surface area contributed by atoms with Crippen LogP contribution in [0.25, 0.3) is 0 Å². The van der Waals surface area contributed by atoms with Crippen molar-refractivity contribution in [3.63, 3.8) is 0 Å². The third-order valence-corrected chi connectivity index (χ3v) is 6.51. The Hall–Kier alpha value is -1.97. The van der Waals surface area contributed by atoms with Crippen LogP contribution in [-0.4, -0.2) is 68.2 Å². The normalized spacial score (nSPS) is 22.0. The van der Waals surface area contributed by atoms with Crippen LogP contribution in [0.15, 0.2) is 29.2 Å². The molecule has 8 nitrogen and oxygen atoms in total. The Balaban J connectivity index is 1.77. The highest BCUT2D eigenvalue weighted by Crippen LogP contribution is 2.21. The largest absolute Gasteiger partial charge is 0.354 e. The summed E-state index contributed by atoms with van der Waals surface area (Å²) < 4.78 is 26.4. The number of nitrogens with one attached hydrogen (secondary N) is 1. The molecule has 0 radical (unpaired) electrons. The smallest absolute Gasteiger partial charge is 0.254 e. The number of sulfonamides is 1. The van der Waals surface area contributed by atoms with Crippen molar-refractivity contribution in [2.75, 3.05) is 32.7 Å². The number of rotatable bonds is 4. The van der Waals surface area contributed by atoms with Crippen LogP contribution in [0.1, 0.15) is 23.2 Å². The van der Waals surface area contributed by atoms with Crippen molar-refractivity contribution in [2.45, 2.75) is 23.8 Å². The summed E-state index contributed by atoms with van der Waals surface area (Å²) >= 11 is 0. The van der Waals surface area contributed by atoms with Gasteiger partial charge in [-0.05, 0) is 37.1 Å². The summed E-state index contributed by atoms with van der Waals surface area (Å²) in [5, 5.41) is 2.60. The van der Waals surface area contributed by atoms with Crippen LogP contribution in [0.2, 0.25) is 0 Å². The zero-order valence-corrected chi connectivity index (χ0v) is 14.7. The van der Waals surface area contributed by atoms with Crippen LogP contribution in [0.3, 0.4) is 0 Å². The van der Waals surface area contributed by atoms with Crippen LogP contribution >= 0.6 is 0 Å².